The lowest BCUT2D eigenvalue weighted by Crippen LogP contribution is -2.31. The molecule has 0 fully saturated rings. The summed E-state index contributed by atoms with van der Waals surface area (Å²) in [6.45, 7) is 0.0756. The minimum Gasteiger partial charge on any atom is -0.493 e. The van der Waals surface area contributed by atoms with E-state index in [-0.39, 0.29) is 23.6 Å². The summed E-state index contributed by atoms with van der Waals surface area (Å²) in [6, 6.07) is 13.4. The summed E-state index contributed by atoms with van der Waals surface area (Å²) >= 11 is 4.74. The Morgan fingerprint density at radius 1 is 1.15 bits per heavy atom. The lowest BCUT2D eigenvalue weighted by atomic mass is 10.1. The van der Waals surface area contributed by atoms with Gasteiger partial charge in [0.1, 0.15) is 5.56 Å². The summed E-state index contributed by atoms with van der Waals surface area (Å²) in [5.41, 5.74) is 0.773. The first-order chi connectivity index (χ1) is 15.9. The Labute approximate surface area is 200 Å². The molecule has 2 aromatic carbocycles. The second kappa shape index (κ2) is 9.51. The van der Waals surface area contributed by atoms with Crippen molar-refractivity contribution in [3.8, 4) is 11.5 Å². The predicted octanol–water partition coefficient (Wildman–Crippen LogP) is 5.23. The van der Waals surface area contributed by atoms with E-state index >= 15 is 0 Å². The zero-order valence-corrected chi connectivity index (χ0v) is 19.9. The molecule has 2 heterocycles. The maximum Gasteiger partial charge on any atom is 0.286 e. The Bertz CT molecular complexity index is 1350. The normalized spacial score (nSPS) is 10.8. The lowest BCUT2D eigenvalue weighted by molar-refractivity contribution is -0.385. The molecule has 4 aromatic rings. The predicted molar refractivity (Wildman–Crippen MR) is 128 cm³/mol. The van der Waals surface area contributed by atoms with Crippen molar-refractivity contribution in [3.63, 3.8) is 0 Å². The molecule has 0 unspecified atom stereocenters. The van der Waals surface area contributed by atoms with E-state index in [2.05, 4.69) is 25.9 Å². The first-order valence-corrected chi connectivity index (χ1v) is 11.2. The van der Waals surface area contributed by atoms with Crippen molar-refractivity contribution in [2.75, 3.05) is 19.1 Å². The van der Waals surface area contributed by atoms with Gasteiger partial charge in [-0.3, -0.25) is 24.8 Å². The summed E-state index contributed by atoms with van der Waals surface area (Å²) in [7, 11) is 2.77. The molecule has 2 aromatic heterocycles. The maximum atomic E-state index is 13.7. The Morgan fingerprint density at radius 2 is 1.91 bits per heavy atom. The van der Waals surface area contributed by atoms with Crippen molar-refractivity contribution in [1.82, 2.24) is 9.97 Å². The minimum absolute atomic E-state index is 0.0756. The highest BCUT2D eigenvalue weighted by atomic mass is 79.9. The van der Waals surface area contributed by atoms with E-state index in [0.29, 0.717) is 16.3 Å². The molecule has 0 aliphatic heterocycles. The van der Waals surface area contributed by atoms with Gasteiger partial charge in [0.25, 0.3) is 11.6 Å². The molecule has 9 nitrogen and oxygen atoms in total. The molecule has 0 saturated heterocycles. The highest BCUT2D eigenvalue weighted by Crippen LogP contribution is 2.37. The number of pyridine rings is 1. The largest absolute Gasteiger partial charge is 0.493 e. The summed E-state index contributed by atoms with van der Waals surface area (Å²) < 4.78 is 12.2. The minimum atomic E-state index is -0.621. The molecule has 0 aliphatic carbocycles. The molecule has 0 bridgehead atoms. The number of hydrogen-bond donors (Lipinski definition) is 0. The van der Waals surface area contributed by atoms with Gasteiger partial charge in [-0.05, 0) is 30.3 Å². The second-order valence-corrected chi connectivity index (χ2v) is 8.73. The number of methoxy groups -OCH3 is 2. The number of hydrogen-bond acceptors (Lipinski definition) is 8. The molecule has 0 radical (unpaired) electrons. The van der Waals surface area contributed by atoms with Gasteiger partial charge in [0.2, 0.25) is 0 Å². The van der Waals surface area contributed by atoms with Gasteiger partial charge >= 0.3 is 0 Å². The SMILES string of the molecule is COc1cc(C(=O)N(Cc2ccccn2)c2nc3ccc(Br)cc3s2)c([N+](=O)[O-])cc1OC. The van der Waals surface area contributed by atoms with Crippen LogP contribution in [0, 0.1) is 10.1 Å². The van der Waals surface area contributed by atoms with Crippen LogP contribution in [0.2, 0.25) is 0 Å². The van der Waals surface area contributed by atoms with Crippen molar-refractivity contribution in [2.45, 2.75) is 6.54 Å². The van der Waals surface area contributed by atoms with E-state index in [9.17, 15) is 14.9 Å². The van der Waals surface area contributed by atoms with Crippen molar-refractivity contribution < 1.29 is 19.2 Å². The van der Waals surface area contributed by atoms with Crippen molar-refractivity contribution in [1.29, 1.82) is 0 Å². The van der Waals surface area contributed by atoms with Crippen LogP contribution in [0.4, 0.5) is 10.8 Å². The van der Waals surface area contributed by atoms with E-state index in [1.165, 1.54) is 42.6 Å². The van der Waals surface area contributed by atoms with Gasteiger partial charge in [0.05, 0.1) is 47.7 Å². The number of rotatable bonds is 7. The highest BCUT2D eigenvalue weighted by molar-refractivity contribution is 9.10. The Balaban J connectivity index is 1.86. The molecule has 4 rings (SSSR count). The number of carbonyl (C=O) groups excluding carboxylic acids is 1. The van der Waals surface area contributed by atoms with Crippen LogP contribution in [0.25, 0.3) is 10.2 Å². The quantitative estimate of drug-likeness (QED) is 0.238. The zero-order valence-electron chi connectivity index (χ0n) is 17.5. The first-order valence-electron chi connectivity index (χ1n) is 9.59. The third kappa shape index (κ3) is 4.64. The number of anilines is 1. The number of carbonyl (C=O) groups is 1. The Morgan fingerprint density at radius 3 is 2.58 bits per heavy atom. The number of halogens is 1. The van der Waals surface area contributed by atoms with Crippen molar-refractivity contribution in [3.05, 3.63) is 80.6 Å². The lowest BCUT2D eigenvalue weighted by Gasteiger charge is -2.20. The molecule has 168 valence electrons. The van der Waals surface area contributed by atoms with Crippen LogP contribution in [0.1, 0.15) is 16.1 Å². The van der Waals surface area contributed by atoms with Gasteiger partial charge in [-0.2, -0.15) is 0 Å². The zero-order chi connectivity index (χ0) is 23.5. The van der Waals surface area contributed by atoms with Gasteiger partial charge in [-0.25, -0.2) is 4.98 Å². The van der Waals surface area contributed by atoms with Crippen molar-refractivity contribution >= 4 is 54.2 Å². The number of benzene rings is 2. The molecular weight excluding hydrogens is 512 g/mol. The average molecular weight is 529 g/mol. The molecule has 1 amide bonds. The van der Waals surface area contributed by atoms with E-state index in [1.54, 1.807) is 24.4 Å². The number of thiazole rings is 1. The Kier molecular flexibility index (Phi) is 6.52. The van der Waals surface area contributed by atoms with E-state index in [4.69, 9.17) is 9.47 Å². The van der Waals surface area contributed by atoms with E-state index in [0.717, 1.165) is 9.17 Å². The number of nitro groups is 1. The summed E-state index contributed by atoms with van der Waals surface area (Å²) in [5.74, 6) is -0.245. The standard InChI is InChI=1S/C22H17BrN4O5S/c1-31-18-10-15(17(27(29)30)11-19(18)32-2)21(28)26(12-14-5-3-4-8-24-14)22-25-16-7-6-13(23)9-20(16)33-22/h3-11H,12H2,1-2H3. The first kappa shape index (κ1) is 22.6. The van der Waals surface area contributed by atoms with E-state index < -0.39 is 16.5 Å². The van der Waals surface area contributed by atoms with Crippen LogP contribution in [0.15, 0.2) is 59.2 Å². The van der Waals surface area contributed by atoms with Crippen LogP contribution < -0.4 is 14.4 Å². The van der Waals surface area contributed by atoms with Crippen LogP contribution in [0.3, 0.4) is 0 Å². The number of ether oxygens (including phenoxy) is 2. The topological polar surface area (TPSA) is 108 Å². The van der Waals surface area contributed by atoms with Gasteiger partial charge in [0.15, 0.2) is 16.6 Å². The van der Waals surface area contributed by atoms with Gasteiger partial charge in [-0.15, -0.1) is 0 Å². The van der Waals surface area contributed by atoms with Crippen LogP contribution in [0.5, 0.6) is 11.5 Å². The molecular formula is C22H17BrN4O5S. The molecule has 0 atom stereocenters. The molecule has 0 aliphatic rings. The second-order valence-electron chi connectivity index (χ2n) is 6.80. The van der Waals surface area contributed by atoms with Crippen LogP contribution in [-0.2, 0) is 6.54 Å². The van der Waals surface area contributed by atoms with Gasteiger partial charge in [0, 0.05) is 16.7 Å². The fourth-order valence-electron chi connectivity index (χ4n) is 3.22. The monoisotopic (exact) mass is 528 g/mol. The number of nitro benzene ring substituents is 1. The third-order valence-electron chi connectivity index (χ3n) is 4.79. The third-order valence-corrected chi connectivity index (χ3v) is 6.32. The van der Waals surface area contributed by atoms with Gasteiger partial charge < -0.3 is 9.47 Å². The van der Waals surface area contributed by atoms with Crippen LogP contribution >= 0.6 is 27.3 Å². The van der Waals surface area contributed by atoms with Crippen molar-refractivity contribution in [2.24, 2.45) is 0 Å². The average Bonchev–Trinajstić information content (AvgIpc) is 3.24. The molecule has 33 heavy (non-hydrogen) atoms. The molecule has 0 N–H and O–H groups in total. The maximum absolute atomic E-state index is 13.7. The summed E-state index contributed by atoms with van der Waals surface area (Å²) in [6.07, 6.45) is 1.62. The number of nitrogens with zero attached hydrogens (tertiary/aromatic N) is 4. The fraction of sp³-hybridized carbons (Fsp3) is 0.136. The van der Waals surface area contributed by atoms with E-state index in [1.807, 2.05) is 18.2 Å². The molecule has 0 spiro atoms. The summed E-state index contributed by atoms with van der Waals surface area (Å²) in [4.78, 5) is 35.2. The molecule has 0 saturated carbocycles. The smallest absolute Gasteiger partial charge is 0.286 e. The number of aromatic nitrogens is 2. The fourth-order valence-corrected chi connectivity index (χ4v) is 4.73. The van der Waals surface area contributed by atoms with Crippen LogP contribution in [-0.4, -0.2) is 35.0 Å². The highest BCUT2D eigenvalue weighted by Gasteiger charge is 2.30. The van der Waals surface area contributed by atoms with Gasteiger partial charge in [-0.1, -0.05) is 33.3 Å². The summed E-state index contributed by atoms with van der Waals surface area (Å²) in [5, 5.41) is 12.2. The number of amides is 1. The Hall–Kier alpha value is -3.57. The molecule has 11 heteroatoms. The number of fused-ring (bicyclic) bond motifs is 1.